The fourth-order valence-electron chi connectivity index (χ4n) is 2.97. The number of rotatable bonds is 8. The predicted octanol–water partition coefficient (Wildman–Crippen LogP) is 5.13. The fourth-order valence-corrected chi connectivity index (χ4v) is 2.97. The van der Waals surface area contributed by atoms with E-state index in [9.17, 15) is 4.79 Å². The Hall–Kier alpha value is -3.32. The molecule has 0 radical (unpaired) electrons. The number of ether oxygens (including phenoxy) is 1. The summed E-state index contributed by atoms with van der Waals surface area (Å²) < 4.78 is 5.83. The van der Waals surface area contributed by atoms with Gasteiger partial charge in [0, 0.05) is 36.5 Å². The third kappa shape index (κ3) is 6.36. The maximum atomic E-state index is 12.5. The Bertz CT molecular complexity index is 1020. The minimum atomic E-state index is -0.102. The minimum absolute atomic E-state index is 0.102. The van der Waals surface area contributed by atoms with E-state index in [2.05, 4.69) is 29.1 Å². The lowest BCUT2D eigenvalue weighted by Crippen LogP contribution is -2.22. The molecule has 4 nitrogen and oxygen atoms in total. The monoisotopic (exact) mass is 386 g/mol. The summed E-state index contributed by atoms with van der Waals surface area (Å²) >= 11 is 0. The van der Waals surface area contributed by atoms with Crippen molar-refractivity contribution in [1.29, 1.82) is 0 Å². The lowest BCUT2D eigenvalue weighted by atomic mass is 10.1. The van der Waals surface area contributed by atoms with Crippen LogP contribution >= 0.6 is 0 Å². The normalized spacial score (nSPS) is 10.2. The van der Waals surface area contributed by atoms with E-state index >= 15 is 0 Å². The Labute approximate surface area is 172 Å². The maximum absolute atomic E-state index is 12.5. The summed E-state index contributed by atoms with van der Waals surface area (Å²) in [4.78, 5) is 16.8. The van der Waals surface area contributed by atoms with Crippen molar-refractivity contribution >= 4 is 16.8 Å². The highest BCUT2D eigenvalue weighted by Gasteiger charge is 2.07. The van der Waals surface area contributed by atoms with E-state index in [4.69, 9.17) is 4.74 Å². The van der Waals surface area contributed by atoms with Crippen LogP contribution < -0.4 is 10.1 Å². The van der Waals surface area contributed by atoms with Crippen molar-refractivity contribution in [3.63, 3.8) is 0 Å². The average molecular weight is 386 g/mol. The Kier molecular flexibility index (Phi) is 7.65. The maximum Gasteiger partial charge on any atom is 0.251 e. The number of nitrogens with one attached hydrogen (secondary N) is 1. The third-order valence-corrected chi connectivity index (χ3v) is 4.48. The summed E-state index contributed by atoms with van der Waals surface area (Å²) in [6.07, 6.45) is 5.61. The molecule has 0 spiro atoms. The van der Waals surface area contributed by atoms with Crippen LogP contribution in [0.15, 0.2) is 60.8 Å². The van der Waals surface area contributed by atoms with Crippen molar-refractivity contribution in [1.82, 2.24) is 10.3 Å². The lowest BCUT2D eigenvalue weighted by molar-refractivity contribution is 0.0951. The Morgan fingerprint density at radius 1 is 1.07 bits per heavy atom. The first-order valence-electron chi connectivity index (χ1n) is 10.1. The second-order valence-corrected chi connectivity index (χ2v) is 6.75. The second kappa shape index (κ2) is 10.9. The molecule has 0 unspecified atom stereocenters. The molecule has 0 fully saturated rings. The second-order valence-electron chi connectivity index (χ2n) is 6.75. The van der Waals surface area contributed by atoms with Crippen molar-refractivity contribution in [2.45, 2.75) is 39.2 Å². The first-order valence-corrected chi connectivity index (χ1v) is 10.1. The molecule has 3 aromatic rings. The molecule has 1 aromatic heterocycles. The van der Waals surface area contributed by atoms with Gasteiger partial charge < -0.3 is 10.1 Å². The Morgan fingerprint density at radius 2 is 2.00 bits per heavy atom. The van der Waals surface area contributed by atoms with Crippen molar-refractivity contribution in [2.75, 3.05) is 6.61 Å². The molecule has 1 amide bonds. The van der Waals surface area contributed by atoms with Crippen LogP contribution in [0.4, 0.5) is 0 Å². The Morgan fingerprint density at radius 3 is 2.90 bits per heavy atom. The molecule has 0 bridgehead atoms. The molecule has 0 saturated carbocycles. The van der Waals surface area contributed by atoms with Gasteiger partial charge in [0.25, 0.3) is 5.91 Å². The number of pyridine rings is 1. The molecule has 29 heavy (non-hydrogen) atoms. The van der Waals surface area contributed by atoms with Crippen LogP contribution in [0.3, 0.4) is 0 Å². The molecule has 1 N–H and O–H groups in total. The van der Waals surface area contributed by atoms with Crippen LogP contribution in [0.25, 0.3) is 10.9 Å². The summed E-state index contributed by atoms with van der Waals surface area (Å²) in [5.41, 5.74) is 2.52. The van der Waals surface area contributed by atoms with Gasteiger partial charge in [-0.05, 0) is 54.8 Å². The highest BCUT2D eigenvalue weighted by atomic mass is 16.5. The third-order valence-electron chi connectivity index (χ3n) is 4.48. The van der Waals surface area contributed by atoms with Gasteiger partial charge in [0.1, 0.15) is 5.75 Å². The van der Waals surface area contributed by atoms with Gasteiger partial charge >= 0.3 is 0 Å². The van der Waals surface area contributed by atoms with Gasteiger partial charge in [0.2, 0.25) is 0 Å². The van der Waals surface area contributed by atoms with Crippen LogP contribution in [0.2, 0.25) is 0 Å². The van der Waals surface area contributed by atoms with Crippen LogP contribution in [0.5, 0.6) is 5.75 Å². The van der Waals surface area contributed by atoms with E-state index in [0.29, 0.717) is 18.7 Å². The zero-order chi connectivity index (χ0) is 20.3. The lowest BCUT2D eigenvalue weighted by Gasteiger charge is -2.09. The standard InChI is InChI=1S/C25H26N2O2/c1-2-3-4-5-6-7-16-29-23-12-8-10-20(17-23)19-27-25(28)22-13-14-24-21(18-22)11-9-15-26-24/h8-15,17-18H,2,5-7,16,19H2,1H3,(H,27,28). The smallest absolute Gasteiger partial charge is 0.251 e. The number of nitrogens with zero attached hydrogens (tertiary/aromatic N) is 1. The first-order chi connectivity index (χ1) is 14.3. The highest BCUT2D eigenvalue weighted by molar-refractivity contribution is 5.97. The molecule has 148 valence electrons. The van der Waals surface area contributed by atoms with Gasteiger partial charge in [-0.1, -0.05) is 25.1 Å². The molecular formula is C25H26N2O2. The van der Waals surface area contributed by atoms with E-state index in [1.54, 1.807) is 12.3 Å². The van der Waals surface area contributed by atoms with E-state index in [0.717, 1.165) is 47.9 Å². The molecular weight excluding hydrogens is 360 g/mol. The molecule has 0 aliphatic carbocycles. The summed E-state index contributed by atoms with van der Waals surface area (Å²) in [5, 5.41) is 3.93. The topological polar surface area (TPSA) is 51.2 Å². The van der Waals surface area contributed by atoms with Crippen molar-refractivity contribution in [3.8, 4) is 17.6 Å². The van der Waals surface area contributed by atoms with Gasteiger partial charge in [0.15, 0.2) is 0 Å². The zero-order valence-electron chi connectivity index (χ0n) is 16.8. The SMILES string of the molecule is CCC#CCCCCOc1cccc(CNC(=O)c2ccc3ncccc3c2)c1. The molecule has 0 aliphatic heterocycles. The zero-order valence-corrected chi connectivity index (χ0v) is 16.8. The number of carbonyl (C=O) groups is 1. The molecule has 1 heterocycles. The van der Waals surface area contributed by atoms with Crippen LogP contribution in [0.1, 0.15) is 48.5 Å². The molecule has 0 saturated heterocycles. The Balaban J connectivity index is 1.48. The summed E-state index contributed by atoms with van der Waals surface area (Å²) in [5.74, 6) is 6.95. The fraction of sp³-hybridized carbons (Fsp3) is 0.280. The van der Waals surface area contributed by atoms with E-state index in [1.807, 2.05) is 48.5 Å². The van der Waals surface area contributed by atoms with Gasteiger partial charge in [-0.15, -0.1) is 11.8 Å². The molecule has 3 rings (SSSR count). The van der Waals surface area contributed by atoms with Gasteiger partial charge in [-0.25, -0.2) is 0 Å². The molecule has 2 aromatic carbocycles. The number of hydrogen-bond donors (Lipinski definition) is 1. The van der Waals surface area contributed by atoms with E-state index in [-0.39, 0.29) is 5.91 Å². The van der Waals surface area contributed by atoms with Crippen LogP contribution in [-0.4, -0.2) is 17.5 Å². The number of hydrogen-bond acceptors (Lipinski definition) is 3. The van der Waals surface area contributed by atoms with E-state index in [1.165, 1.54) is 0 Å². The van der Waals surface area contributed by atoms with Crippen molar-refractivity contribution in [3.05, 3.63) is 71.9 Å². The van der Waals surface area contributed by atoms with E-state index < -0.39 is 0 Å². The summed E-state index contributed by atoms with van der Waals surface area (Å²) in [6, 6.07) is 17.2. The van der Waals surface area contributed by atoms with Gasteiger partial charge in [-0.3, -0.25) is 9.78 Å². The quantitative estimate of drug-likeness (QED) is 0.431. The number of aromatic nitrogens is 1. The van der Waals surface area contributed by atoms with Gasteiger partial charge in [0.05, 0.1) is 12.1 Å². The molecule has 4 heteroatoms. The van der Waals surface area contributed by atoms with Gasteiger partial charge in [-0.2, -0.15) is 0 Å². The van der Waals surface area contributed by atoms with Crippen LogP contribution in [0, 0.1) is 11.8 Å². The average Bonchev–Trinajstić information content (AvgIpc) is 2.77. The summed E-state index contributed by atoms with van der Waals surface area (Å²) in [6.45, 7) is 3.19. The number of amides is 1. The van der Waals surface area contributed by atoms with Crippen molar-refractivity contribution in [2.24, 2.45) is 0 Å². The summed E-state index contributed by atoms with van der Waals surface area (Å²) in [7, 11) is 0. The molecule has 0 atom stereocenters. The number of benzene rings is 2. The first kappa shape index (κ1) is 20.4. The largest absolute Gasteiger partial charge is 0.494 e. The number of unbranched alkanes of at least 4 members (excludes halogenated alkanes) is 2. The predicted molar refractivity (Wildman–Crippen MR) is 117 cm³/mol. The van der Waals surface area contributed by atoms with Crippen molar-refractivity contribution < 1.29 is 9.53 Å². The number of carbonyl (C=O) groups excluding carboxylic acids is 1. The number of fused-ring (bicyclic) bond motifs is 1. The molecule has 0 aliphatic rings. The highest BCUT2D eigenvalue weighted by Crippen LogP contribution is 2.15. The van der Waals surface area contributed by atoms with Crippen LogP contribution in [-0.2, 0) is 6.54 Å². The minimum Gasteiger partial charge on any atom is -0.494 e.